The summed E-state index contributed by atoms with van der Waals surface area (Å²) < 4.78 is 23.0. The van der Waals surface area contributed by atoms with Crippen molar-refractivity contribution < 1.29 is 13.2 Å². The van der Waals surface area contributed by atoms with Crippen LogP contribution in [0.1, 0.15) is 10.5 Å². The average molecular weight is 382 g/mol. The molecule has 0 amide bonds. The van der Waals surface area contributed by atoms with Gasteiger partial charge in [0.1, 0.15) is 5.75 Å². The molecule has 0 aliphatic carbocycles. The summed E-state index contributed by atoms with van der Waals surface area (Å²) in [5, 5.41) is 1.89. The molecule has 4 nitrogen and oxygen atoms in total. The number of Topliss-reactive ketones (excluding diaryl/α,β-unsaturated/α-hetero) is 1. The topological polar surface area (TPSA) is 67.0 Å². The maximum Gasteiger partial charge on any atom is 0.194 e. The molecule has 0 radical (unpaired) electrons. The Morgan fingerprint density at radius 3 is 2.29 bits per heavy atom. The number of sulfone groups is 1. The van der Waals surface area contributed by atoms with Crippen molar-refractivity contribution in [3.63, 3.8) is 0 Å². The Kier molecular flexibility index (Phi) is 4.42. The van der Waals surface area contributed by atoms with Gasteiger partial charge in [0, 0.05) is 32.8 Å². The van der Waals surface area contributed by atoms with Crippen molar-refractivity contribution in [3.8, 4) is 11.1 Å². The van der Waals surface area contributed by atoms with Gasteiger partial charge in [-0.25, -0.2) is 8.42 Å². The van der Waals surface area contributed by atoms with E-state index in [1.165, 1.54) is 0 Å². The highest BCUT2D eigenvalue weighted by molar-refractivity contribution is 7.91. The lowest BCUT2D eigenvalue weighted by Gasteiger charge is -2.05. The third-order valence-corrected chi connectivity index (χ3v) is 4.84. The molecule has 0 unspecified atom stereocenters. The maximum atomic E-state index is 12.5. The summed E-state index contributed by atoms with van der Waals surface area (Å²) in [6.45, 7) is 0. The second-order valence-corrected chi connectivity index (χ2v) is 8.58. The molecule has 3 aromatic rings. The number of halogens is 2. The zero-order valence-corrected chi connectivity index (χ0v) is 15.0. The number of aromatic amines is 1. The predicted octanol–water partition coefficient (Wildman–Crippen LogP) is 4.37. The van der Waals surface area contributed by atoms with Crippen LogP contribution in [0.25, 0.3) is 22.0 Å². The van der Waals surface area contributed by atoms with E-state index in [-0.39, 0.29) is 5.69 Å². The molecular weight excluding hydrogens is 369 g/mol. The number of ketones is 1. The summed E-state index contributed by atoms with van der Waals surface area (Å²) in [5.41, 5.74) is 2.33. The van der Waals surface area contributed by atoms with Gasteiger partial charge in [-0.05, 0) is 29.8 Å². The van der Waals surface area contributed by atoms with E-state index in [1.807, 2.05) is 0 Å². The van der Waals surface area contributed by atoms with E-state index in [0.717, 1.165) is 17.2 Å². The molecular formula is C17H13Cl2NO3S. The molecule has 0 saturated carbocycles. The third kappa shape index (κ3) is 3.48. The van der Waals surface area contributed by atoms with Crippen molar-refractivity contribution in [1.82, 2.24) is 4.98 Å². The van der Waals surface area contributed by atoms with Gasteiger partial charge in [-0.3, -0.25) is 4.79 Å². The Balaban J connectivity index is 2.25. The highest BCUT2D eigenvalue weighted by Gasteiger charge is 2.22. The van der Waals surface area contributed by atoms with Crippen LogP contribution in [0.4, 0.5) is 0 Å². The summed E-state index contributed by atoms with van der Waals surface area (Å²) in [5.74, 6) is -1.05. The number of carbonyl (C=O) groups is 1. The minimum atomic E-state index is -3.44. The number of nitrogens with one attached hydrogen (secondary N) is 1. The van der Waals surface area contributed by atoms with Crippen molar-refractivity contribution in [3.05, 3.63) is 58.2 Å². The number of carbonyl (C=O) groups excluding carboxylic acids is 1. The predicted molar refractivity (Wildman–Crippen MR) is 97.8 cm³/mol. The van der Waals surface area contributed by atoms with Gasteiger partial charge in [0.15, 0.2) is 15.6 Å². The number of fused-ring (bicyclic) bond motifs is 1. The molecule has 1 N–H and O–H groups in total. The molecule has 7 heteroatoms. The lowest BCUT2D eigenvalue weighted by atomic mass is 10.0. The second kappa shape index (κ2) is 6.24. The largest absolute Gasteiger partial charge is 0.352 e. The quantitative estimate of drug-likeness (QED) is 0.682. The Morgan fingerprint density at radius 1 is 1.04 bits per heavy atom. The number of benzene rings is 2. The van der Waals surface area contributed by atoms with Crippen LogP contribution in [0.2, 0.25) is 10.0 Å². The van der Waals surface area contributed by atoms with Crippen molar-refractivity contribution in [2.75, 3.05) is 12.0 Å². The fourth-order valence-corrected chi connectivity index (χ4v) is 3.52. The molecule has 0 spiro atoms. The number of H-pyrrole nitrogens is 1. The monoisotopic (exact) mass is 381 g/mol. The van der Waals surface area contributed by atoms with Crippen LogP contribution in [-0.4, -0.2) is 31.2 Å². The number of hydrogen-bond donors (Lipinski definition) is 1. The first-order valence-electron chi connectivity index (χ1n) is 7.03. The lowest BCUT2D eigenvalue weighted by molar-refractivity contribution is 0.101. The van der Waals surface area contributed by atoms with Crippen molar-refractivity contribution in [2.24, 2.45) is 0 Å². The van der Waals surface area contributed by atoms with Crippen LogP contribution in [0.5, 0.6) is 0 Å². The van der Waals surface area contributed by atoms with E-state index in [9.17, 15) is 13.2 Å². The van der Waals surface area contributed by atoms with Crippen molar-refractivity contribution >= 4 is 49.7 Å². The number of hydrogen-bond acceptors (Lipinski definition) is 3. The van der Waals surface area contributed by atoms with E-state index < -0.39 is 21.4 Å². The summed E-state index contributed by atoms with van der Waals surface area (Å²) >= 11 is 11.9. The molecule has 1 heterocycles. The van der Waals surface area contributed by atoms with Crippen molar-refractivity contribution in [2.45, 2.75) is 0 Å². The van der Waals surface area contributed by atoms with Gasteiger partial charge < -0.3 is 4.98 Å². The standard InChI is InChI=1S/C17H13Cl2NO3S/c1-24(22,23)9-15(21)17-16(10-2-4-11(18)5-3-10)13-7-6-12(19)8-14(13)20-17/h2-8,20H,9H2,1H3. The summed E-state index contributed by atoms with van der Waals surface area (Å²) in [4.78, 5) is 15.5. The summed E-state index contributed by atoms with van der Waals surface area (Å²) in [6, 6.07) is 12.2. The zero-order valence-electron chi connectivity index (χ0n) is 12.6. The van der Waals surface area contributed by atoms with E-state index in [0.29, 0.717) is 21.1 Å². The van der Waals surface area contributed by atoms with E-state index in [4.69, 9.17) is 23.2 Å². The Labute approximate surface area is 149 Å². The molecule has 0 aliphatic heterocycles. The van der Waals surface area contributed by atoms with Crippen LogP contribution < -0.4 is 0 Å². The molecule has 24 heavy (non-hydrogen) atoms. The van der Waals surface area contributed by atoms with Crippen molar-refractivity contribution in [1.29, 1.82) is 0 Å². The number of aromatic nitrogens is 1. The molecule has 2 aromatic carbocycles. The molecule has 124 valence electrons. The van der Waals surface area contributed by atoms with Gasteiger partial charge in [0.05, 0.1) is 5.69 Å². The molecule has 0 atom stereocenters. The van der Waals surface area contributed by atoms with Crippen LogP contribution in [0.15, 0.2) is 42.5 Å². The smallest absolute Gasteiger partial charge is 0.194 e. The van der Waals surface area contributed by atoms with E-state index in [2.05, 4.69) is 4.98 Å². The molecule has 0 bridgehead atoms. The molecule has 1 aromatic heterocycles. The molecule has 0 saturated heterocycles. The Bertz CT molecular complexity index is 1040. The first kappa shape index (κ1) is 17.0. The molecule has 3 rings (SSSR count). The van der Waals surface area contributed by atoms with Gasteiger partial charge >= 0.3 is 0 Å². The minimum Gasteiger partial charge on any atom is -0.352 e. The molecule has 0 fully saturated rings. The highest BCUT2D eigenvalue weighted by atomic mass is 35.5. The summed E-state index contributed by atoms with van der Waals surface area (Å²) in [7, 11) is -3.44. The van der Waals surface area contributed by atoms with Crippen LogP contribution >= 0.6 is 23.2 Å². The Morgan fingerprint density at radius 2 is 1.67 bits per heavy atom. The fourth-order valence-electron chi connectivity index (χ4n) is 2.61. The van der Waals surface area contributed by atoms with E-state index in [1.54, 1.807) is 42.5 Å². The SMILES string of the molecule is CS(=O)(=O)CC(=O)c1[nH]c2cc(Cl)ccc2c1-c1ccc(Cl)cc1. The van der Waals surface area contributed by atoms with Crippen LogP contribution in [0, 0.1) is 0 Å². The maximum absolute atomic E-state index is 12.5. The fraction of sp³-hybridized carbons (Fsp3) is 0.118. The van der Waals surface area contributed by atoms with Crippen LogP contribution in [0.3, 0.4) is 0 Å². The van der Waals surface area contributed by atoms with E-state index >= 15 is 0 Å². The first-order valence-corrected chi connectivity index (χ1v) is 9.84. The summed E-state index contributed by atoms with van der Waals surface area (Å²) in [6.07, 6.45) is 1.03. The van der Waals surface area contributed by atoms with Gasteiger partial charge in [0.2, 0.25) is 0 Å². The van der Waals surface area contributed by atoms with Gasteiger partial charge in [-0.1, -0.05) is 41.4 Å². The minimum absolute atomic E-state index is 0.250. The van der Waals surface area contributed by atoms with Crippen LogP contribution in [-0.2, 0) is 9.84 Å². The Hall–Kier alpha value is -1.82. The highest BCUT2D eigenvalue weighted by Crippen LogP contribution is 2.34. The average Bonchev–Trinajstić information content (AvgIpc) is 2.85. The zero-order chi connectivity index (χ0) is 17.5. The normalized spacial score (nSPS) is 11.8. The first-order chi connectivity index (χ1) is 11.2. The second-order valence-electron chi connectivity index (χ2n) is 5.57. The lowest BCUT2D eigenvalue weighted by Crippen LogP contribution is -2.15. The number of rotatable bonds is 4. The third-order valence-electron chi connectivity index (χ3n) is 3.57. The van der Waals surface area contributed by atoms with Gasteiger partial charge in [-0.2, -0.15) is 0 Å². The molecule has 0 aliphatic rings. The van der Waals surface area contributed by atoms with Gasteiger partial charge in [-0.15, -0.1) is 0 Å². The van der Waals surface area contributed by atoms with Gasteiger partial charge in [0.25, 0.3) is 0 Å².